The van der Waals surface area contributed by atoms with Crippen molar-refractivity contribution in [3.63, 3.8) is 0 Å². The lowest BCUT2D eigenvalue weighted by molar-refractivity contribution is 0.0461. The van der Waals surface area contributed by atoms with Crippen LogP contribution in [0.2, 0.25) is 0 Å². The van der Waals surface area contributed by atoms with Gasteiger partial charge in [-0.25, -0.2) is 27.9 Å². The molecule has 0 bridgehead atoms. The summed E-state index contributed by atoms with van der Waals surface area (Å²) >= 11 is 0. The second kappa shape index (κ2) is 9.53. The van der Waals surface area contributed by atoms with Gasteiger partial charge in [-0.2, -0.15) is 0 Å². The summed E-state index contributed by atoms with van der Waals surface area (Å²) in [6.45, 7) is 4.12. The maximum atomic E-state index is 12.7. The molecule has 1 aliphatic rings. The highest BCUT2D eigenvalue weighted by atomic mass is 32.2. The fourth-order valence-corrected chi connectivity index (χ4v) is 4.57. The van der Waals surface area contributed by atoms with E-state index in [9.17, 15) is 13.2 Å². The number of hydrogen-bond donors (Lipinski definition) is 1. The Hall–Kier alpha value is -2.52. The molecular weight excluding hydrogens is 404 g/mol. The zero-order chi connectivity index (χ0) is 21.7. The van der Waals surface area contributed by atoms with Crippen molar-refractivity contribution in [3.8, 4) is 11.4 Å². The molecule has 0 aliphatic carbocycles. The lowest BCUT2D eigenvalue weighted by Crippen LogP contribution is -2.58. The van der Waals surface area contributed by atoms with Gasteiger partial charge < -0.3 is 9.64 Å². The van der Waals surface area contributed by atoms with E-state index < -0.39 is 16.1 Å². The van der Waals surface area contributed by atoms with E-state index in [-0.39, 0.29) is 18.2 Å². The monoisotopic (exact) mass is 432 g/mol. The number of carbonyl (C=O) groups excluding carboxylic acids is 1. The topological polar surface area (TPSA) is 101 Å². The molecule has 162 valence electrons. The SMILES string of the molecule is CC(C)OC(=O)N1CCCC(NS(C)(=O)=O)C1Cc1cccc(-c2ncccn2)c1. The highest BCUT2D eigenvalue weighted by molar-refractivity contribution is 7.88. The molecule has 9 heteroatoms. The first-order valence-electron chi connectivity index (χ1n) is 10.0. The molecule has 1 saturated heterocycles. The van der Waals surface area contributed by atoms with E-state index in [1.165, 1.54) is 0 Å². The Balaban J connectivity index is 1.89. The third-order valence-corrected chi connectivity index (χ3v) is 5.64. The Morgan fingerprint density at radius 2 is 2.00 bits per heavy atom. The molecule has 1 aromatic carbocycles. The van der Waals surface area contributed by atoms with Gasteiger partial charge in [0.25, 0.3) is 0 Å². The van der Waals surface area contributed by atoms with Gasteiger partial charge in [0.15, 0.2) is 5.82 Å². The van der Waals surface area contributed by atoms with Crippen LogP contribution in [-0.4, -0.2) is 60.4 Å². The van der Waals surface area contributed by atoms with Gasteiger partial charge in [-0.05, 0) is 50.8 Å². The highest BCUT2D eigenvalue weighted by Crippen LogP contribution is 2.25. The van der Waals surface area contributed by atoms with Crippen LogP contribution in [0.4, 0.5) is 4.79 Å². The molecule has 1 fully saturated rings. The smallest absolute Gasteiger partial charge is 0.410 e. The number of benzene rings is 1. The number of amides is 1. The van der Waals surface area contributed by atoms with Crippen LogP contribution < -0.4 is 4.72 Å². The largest absolute Gasteiger partial charge is 0.447 e. The van der Waals surface area contributed by atoms with Crippen LogP contribution in [0.1, 0.15) is 32.3 Å². The van der Waals surface area contributed by atoms with Gasteiger partial charge in [0.2, 0.25) is 10.0 Å². The average molecular weight is 433 g/mol. The third-order valence-electron chi connectivity index (χ3n) is 4.91. The maximum absolute atomic E-state index is 12.7. The second-order valence-electron chi connectivity index (χ2n) is 7.81. The molecule has 0 radical (unpaired) electrons. The molecule has 2 unspecified atom stereocenters. The summed E-state index contributed by atoms with van der Waals surface area (Å²) in [5.74, 6) is 0.616. The van der Waals surface area contributed by atoms with Gasteiger partial charge in [0.05, 0.1) is 18.4 Å². The van der Waals surface area contributed by atoms with Crippen LogP contribution in [0.15, 0.2) is 42.7 Å². The third kappa shape index (κ3) is 5.99. The van der Waals surface area contributed by atoms with E-state index in [1.54, 1.807) is 37.2 Å². The van der Waals surface area contributed by atoms with Crippen LogP contribution in [-0.2, 0) is 21.2 Å². The number of nitrogens with one attached hydrogen (secondary N) is 1. The van der Waals surface area contributed by atoms with E-state index in [2.05, 4.69) is 14.7 Å². The highest BCUT2D eigenvalue weighted by Gasteiger charge is 2.37. The summed E-state index contributed by atoms with van der Waals surface area (Å²) in [4.78, 5) is 22.9. The summed E-state index contributed by atoms with van der Waals surface area (Å²) in [6, 6.07) is 8.81. The van der Waals surface area contributed by atoms with Crippen molar-refractivity contribution < 1.29 is 17.9 Å². The van der Waals surface area contributed by atoms with Crippen LogP contribution in [0.3, 0.4) is 0 Å². The standard InChI is InChI=1S/C21H28N4O4S/c1-15(2)29-21(26)25-12-5-9-18(24-30(3,27)28)19(25)14-16-7-4-8-17(13-16)20-22-10-6-11-23-20/h4,6-8,10-11,13,15,18-19,24H,5,9,12,14H2,1-3H3. The summed E-state index contributed by atoms with van der Waals surface area (Å²) < 4.78 is 32.0. The number of aromatic nitrogens is 2. The number of ether oxygens (including phenoxy) is 1. The van der Waals surface area contributed by atoms with Crippen LogP contribution in [0.25, 0.3) is 11.4 Å². The number of carbonyl (C=O) groups is 1. The van der Waals surface area contributed by atoms with Crippen molar-refractivity contribution in [2.24, 2.45) is 0 Å². The molecule has 1 aromatic heterocycles. The van der Waals surface area contributed by atoms with Gasteiger partial charge in [-0.3, -0.25) is 0 Å². The number of piperidine rings is 1. The number of rotatable bonds is 6. The first kappa shape index (κ1) is 22.2. The molecule has 2 atom stereocenters. The lowest BCUT2D eigenvalue weighted by Gasteiger charge is -2.41. The van der Waals surface area contributed by atoms with Crippen LogP contribution in [0, 0.1) is 0 Å². The number of nitrogens with zero attached hydrogens (tertiary/aromatic N) is 3. The molecule has 2 heterocycles. The van der Waals surface area contributed by atoms with Crippen molar-refractivity contribution in [1.82, 2.24) is 19.6 Å². The summed E-state index contributed by atoms with van der Waals surface area (Å²) in [6.07, 6.45) is 5.69. The predicted octanol–water partition coefficient (Wildman–Crippen LogP) is 2.61. The first-order chi connectivity index (χ1) is 14.2. The molecule has 0 spiro atoms. The van der Waals surface area contributed by atoms with Crippen LogP contribution in [0.5, 0.6) is 0 Å². The summed E-state index contributed by atoms with van der Waals surface area (Å²) in [5.41, 5.74) is 1.84. The van der Waals surface area contributed by atoms with Gasteiger partial charge >= 0.3 is 6.09 Å². The molecule has 1 amide bonds. The molecule has 1 N–H and O–H groups in total. The van der Waals surface area contributed by atoms with Crippen molar-refractivity contribution in [2.45, 2.75) is 51.3 Å². The number of likely N-dealkylation sites (tertiary alicyclic amines) is 1. The zero-order valence-electron chi connectivity index (χ0n) is 17.5. The average Bonchev–Trinajstić information content (AvgIpc) is 2.68. The molecule has 1 aliphatic heterocycles. The fourth-order valence-electron chi connectivity index (χ4n) is 3.74. The molecule has 8 nitrogen and oxygen atoms in total. The zero-order valence-corrected chi connectivity index (χ0v) is 18.3. The van der Waals surface area contributed by atoms with Crippen LogP contribution >= 0.6 is 0 Å². The molecule has 2 aromatic rings. The lowest BCUT2D eigenvalue weighted by atomic mass is 9.91. The quantitative estimate of drug-likeness (QED) is 0.753. The van der Waals surface area contributed by atoms with E-state index in [0.29, 0.717) is 31.6 Å². The maximum Gasteiger partial charge on any atom is 0.410 e. The van der Waals surface area contributed by atoms with Gasteiger partial charge in [0, 0.05) is 30.5 Å². The Kier molecular flexibility index (Phi) is 7.04. The van der Waals surface area contributed by atoms with E-state index in [1.807, 2.05) is 24.3 Å². The minimum Gasteiger partial charge on any atom is -0.447 e. The number of sulfonamides is 1. The Morgan fingerprint density at radius 1 is 1.27 bits per heavy atom. The minimum absolute atomic E-state index is 0.250. The van der Waals surface area contributed by atoms with Crippen molar-refractivity contribution in [1.29, 1.82) is 0 Å². The minimum atomic E-state index is -3.42. The molecule has 0 saturated carbocycles. The van der Waals surface area contributed by atoms with E-state index in [0.717, 1.165) is 17.4 Å². The second-order valence-corrected chi connectivity index (χ2v) is 9.59. The summed E-state index contributed by atoms with van der Waals surface area (Å²) in [5, 5.41) is 0. The molecule has 3 rings (SSSR count). The van der Waals surface area contributed by atoms with E-state index in [4.69, 9.17) is 4.74 Å². The Bertz CT molecular complexity index is 966. The van der Waals surface area contributed by atoms with Gasteiger partial charge in [-0.15, -0.1) is 0 Å². The van der Waals surface area contributed by atoms with Crippen molar-refractivity contribution in [3.05, 3.63) is 48.3 Å². The Labute approximate surface area is 177 Å². The van der Waals surface area contributed by atoms with Gasteiger partial charge in [0.1, 0.15) is 0 Å². The van der Waals surface area contributed by atoms with Crippen molar-refractivity contribution in [2.75, 3.05) is 12.8 Å². The number of hydrogen-bond acceptors (Lipinski definition) is 6. The van der Waals surface area contributed by atoms with Gasteiger partial charge in [-0.1, -0.05) is 18.2 Å². The molecular formula is C21H28N4O4S. The summed E-state index contributed by atoms with van der Waals surface area (Å²) in [7, 11) is -3.42. The normalized spacial score (nSPS) is 19.7. The predicted molar refractivity (Wildman–Crippen MR) is 114 cm³/mol. The fraction of sp³-hybridized carbons (Fsp3) is 0.476. The first-order valence-corrected chi connectivity index (χ1v) is 11.9. The van der Waals surface area contributed by atoms with Crippen molar-refractivity contribution >= 4 is 16.1 Å². The molecule has 30 heavy (non-hydrogen) atoms. The van der Waals surface area contributed by atoms with E-state index >= 15 is 0 Å². The Morgan fingerprint density at radius 3 is 2.67 bits per heavy atom.